The Morgan fingerprint density at radius 1 is 0.952 bits per heavy atom. The van der Waals surface area contributed by atoms with Crippen LogP contribution in [0.1, 0.15) is 0 Å². The van der Waals surface area contributed by atoms with Crippen LogP contribution in [0.3, 0.4) is 0 Å². The Kier molecular flexibility index (Phi) is 5.97. The Hall–Kier alpha value is -2.29. The van der Waals surface area contributed by atoms with Crippen molar-refractivity contribution in [3.63, 3.8) is 0 Å². The maximum atomic E-state index is 8.74. The zero-order chi connectivity index (χ0) is 15.9. The lowest BCUT2D eigenvalue weighted by Gasteiger charge is -2.07. The molecule has 0 spiro atoms. The van der Waals surface area contributed by atoms with Crippen molar-refractivity contribution < 1.29 is 22.3 Å². The molecular weight excluding hydrogens is 296 g/mol. The molecule has 0 aliphatic heterocycles. The molecule has 0 aromatic heterocycles. The minimum absolute atomic E-state index is 0.764. The van der Waals surface area contributed by atoms with E-state index in [9.17, 15) is 0 Å². The van der Waals surface area contributed by atoms with Gasteiger partial charge in [-0.1, -0.05) is 0 Å². The van der Waals surface area contributed by atoms with Crippen LogP contribution in [0.5, 0.6) is 5.75 Å². The quantitative estimate of drug-likeness (QED) is 0.507. The molecule has 2 aromatic rings. The average molecular weight is 312 g/mol. The highest BCUT2D eigenvalue weighted by atomic mass is 32.3. The van der Waals surface area contributed by atoms with E-state index in [1.165, 1.54) is 0 Å². The molecule has 0 unspecified atom stereocenters. The van der Waals surface area contributed by atoms with E-state index in [4.69, 9.17) is 28.0 Å². The van der Waals surface area contributed by atoms with Gasteiger partial charge in [0.25, 0.3) is 0 Å². The second-order valence-electron chi connectivity index (χ2n) is 3.92. The molecule has 0 radical (unpaired) electrons. The van der Waals surface area contributed by atoms with Crippen molar-refractivity contribution in [1.82, 2.24) is 0 Å². The summed E-state index contributed by atoms with van der Waals surface area (Å²) in [6.07, 6.45) is 0. The Balaban J connectivity index is 0.000000383. The highest BCUT2D eigenvalue weighted by molar-refractivity contribution is 7.79. The molecule has 21 heavy (non-hydrogen) atoms. The van der Waals surface area contributed by atoms with E-state index in [-0.39, 0.29) is 0 Å². The fourth-order valence-electron chi connectivity index (χ4n) is 1.41. The third-order valence-corrected chi connectivity index (χ3v) is 2.29. The number of methoxy groups -OCH3 is 1. The normalized spacial score (nSPS) is 10.2. The summed E-state index contributed by atoms with van der Waals surface area (Å²) in [7, 11) is -3.01. The lowest BCUT2D eigenvalue weighted by molar-refractivity contribution is 0.381. The second-order valence-corrected chi connectivity index (χ2v) is 4.82. The van der Waals surface area contributed by atoms with E-state index in [2.05, 4.69) is 5.32 Å². The van der Waals surface area contributed by atoms with Gasteiger partial charge in [0.05, 0.1) is 7.11 Å². The maximum Gasteiger partial charge on any atom is 0.394 e. The number of nitrogens with one attached hydrogen (secondary N) is 1. The number of benzene rings is 2. The van der Waals surface area contributed by atoms with E-state index >= 15 is 0 Å². The Morgan fingerprint density at radius 2 is 1.33 bits per heavy atom. The van der Waals surface area contributed by atoms with Crippen molar-refractivity contribution in [2.45, 2.75) is 0 Å². The highest BCUT2D eigenvalue weighted by Crippen LogP contribution is 2.20. The molecule has 0 aliphatic carbocycles. The van der Waals surface area contributed by atoms with E-state index in [0.717, 1.165) is 22.8 Å². The number of hydrogen-bond donors (Lipinski definition) is 4. The SMILES string of the molecule is COc1ccc(Nc2ccc(N)cc2)cc1.O=S(=O)(O)O. The van der Waals surface area contributed by atoms with Gasteiger partial charge in [-0.05, 0) is 48.5 Å². The van der Waals surface area contributed by atoms with Crippen molar-refractivity contribution in [2.24, 2.45) is 0 Å². The lowest BCUT2D eigenvalue weighted by Crippen LogP contribution is -1.91. The van der Waals surface area contributed by atoms with Crippen molar-refractivity contribution in [1.29, 1.82) is 0 Å². The first-order valence-electron chi connectivity index (χ1n) is 5.74. The zero-order valence-electron chi connectivity index (χ0n) is 11.2. The zero-order valence-corrected chi connectivity index (χ0v) is 12.0. The molecule has 0 saturated carbocycles. The summed E-state index contributed by atoms with van der Waals surface area (Å²) in [4.78, 5) is 0. The van der Waals surface area contributed by atoms with E-state index in [1.807, 2.05) is 48.5 Å². The first kappa shape index (κ1) is 16.8. The first-order chi connectivity index (χ1) is 9.78. The molecule has 2 aromatic carbocycles. The highest BCUT2D eigenvalue weighted by Gasteiger charge is 1.95. The minimum Gasteiger partial charge on any atom is -0.497 e. The molecule has 0 saturated heterocycles. The lowest BCUT2D eigenvalue weighted by atomic mass is 10.2. The molecule has 114 valence electrons. The molecule has 0 amide bonds. The van der Waals surface area contributed by atoms with Gasteiger partial charge in [0.1, 0.15) is 5.75 Å². The number of hydrogen-bond acceptors (Lipinski definition) is 5. The molecular formula is C13H16N2O5S. The second kappa shape index (κ2) is 7.48. The molecule has 0 fully saturated rings. The number of anilines is 3. The minimum atomic E-state index is -4.67. The molecule has 0 atom stereocenters. The summed E-state index contributed by atoms with van der Waals surface area (Å²) < 4.78 is 36.7. The van der Waals surface area contributed by atoms with Crippen LogP contribution in [0.4, 0.5) is 17.1 Å². The Morgan fingerprint density at radius 3 is 1.71 bits per heavy atom. The van der Waals surface area contributed by atoms with Gasteiger partial charge in [-0.15, -0.1) is 0 Å². The van der Waals surface area contributed by atoms with Crippen molar-refractivity contribution in [2.75, 3.05) is 18.2 Å². The van der Waals surface area contributed by atoms with Gasteiger partial charge < -0.3 is 15.8 Å². The number of rotatable bonds is 3. The van der Waals surface area contributed by atoms with Gasteiger partial charge >= 0.3 is 10.4 Å². The van der Waals surface area contributed by atoms with Crippen molar-refractivity contribution in [3.05, 3.63) is 48.5 Å². The van der Waals surface area contributed by atoms with Gasteiger partial charge in [-0.3, -0.25) is 9.11 Å². The number of nitrogen functional groups attached to an aromatic ring is 1. The summed E-state index contributed by atoms with van der Waals surface area (Å²) in [5, 5.41) is 3.27. The van der Waals surface area contributed by atoms with E-state index in [1.54, 1.807) is 7.11 Å². The van der Waals surface area contributed by atoms with Crippen molar-refractivity contribution in [3.8, 4) is 5.75 Å². The Labute approximate surface area is 122 Å². The molecule has 0 aliphatic rings. The van der Waals surface area contributed by atoms with Crippen LogP contribution in [0, 0.1) is 0 Å². The largest absolute Gasteiger partial charge is 0.497 e. The topological polar surface area (TPSA) is 122 Å². The van der Waals surface area contributed by atoms with Crippen LogP contribution in [-0.4, -0.2) is 24.6 Å². The van der Waals surface area contributed by atoms with E-state index in [0.29, 0.717) is 0 Å². The monoisotopic (exact) mass is 312 g/mol. The molecule has 2 rings (SSSR count). The molecule has 7 nitrogen and oxygen atoms in total. The maximum absolute atomic E-state index is 8.74. The van der Waals surface area contributed by atoms with Crippen LogP contribution < -0.4 is 15.8 Å². The first-order valence-corrected chi connectivity index (χ1v) is 7.14. The number of nitrogens with two attached hydrogens (primary N) is 1. The van der Waals surface area contributed by atoms with Crippen LogP contribution in [0.2, 0.25) is 0 Å². The van der Waals surface area contributed by atoms with E-state index < -0.39 is 10.4 Å². The van der Waals surface area contributed by atoms with Gasteiger partial charge in [-0.25, -0.2) is 0 Å². The van der Waals surface area contributed by atoms with Gasteiger partial charge in [-0.2, -0.15) is 8.42 Å². The average Bonchev–Trinajstić information content (AvgIpc) is 2.40. The standard InChI is InChI=1S/C13H14N2O.H2O4S/c1-16-13-8-6-12(7-9-13)15-11-4-2-10(14)3-5-11;1-5(2,3)4/h2-9,15H,14H2,1H3;(H2,1,2,3,4). The van der Waals surface area contributed by atoms with Crippen LogP contribution >= 0.6 is 0 Å². The molecule has 0 bridgehead atoms. The third kappa shape index (κ3) is 7.78. The van der Waals surface area contributed by atoms with Crippen molar-refractivity contribution >= 4 is 27.5 Å². The van der Waals surface area contributed by atoms with Gasteiger partial charge in [0.15, 0.2) is 0 Å². The molecule has 8 heteroatoms. The predicted molar refractivity (Wildman–Crippen MR) is 81.3 cm³/mol. The summed E-state index contributed by atoms with van der Waals surface area (Å²) in [5.74, 6) is 0.850. The fraction of sp³-hybridized carbons (Fsp3) is 0.0769. The summed E-state index contributed by atoms with van der Waals surface area (Å²) in [6.45, 7) is 0. The molecule has 5 N–H and O–H groups in total. The predicted octanol–water partition coefficient (Wildman–Crippen LogP) is 2.37. The van der Waals surface area contributed by atoms with Gasteiger partial charge in [0.2, 0.25) is 0 Å². The number of ether oxygens (including phenoxy) is 1. The summed E-state index contributed by atoms with van der Waals surface area (Å²) in [5.41, 5.74) is 8.41. The fourth-order valence-corrected chi connectivity index (χ4v) is 1.41. The molecule has 0 heterocycles. The van der Waals surface area contributed by atoms with Crippen LogP contribution in [0.15, 0.2) is 48.5 Å². The smallest absolute Gasteiger partial charge is 0.394 e. The summed E-state index contributed by atoms with van der Waals surface area (Å²) >= 11 is 0. The van der Waals surface area contributed by atoms with Crippen LogP contribution in [0.25, 0.3) is 0 Å². The van der Waals surface area contributed by atoms with Gasteiger partial charge in [0, 0.05) is 17.1 Å². The Bertz CT molecular complexity index is 646. The third-order valence-electron chi connectivity index (χ3n) is 2.29. The van der Waals surface area contributed by atoms with Crippen LogP contribution in [-0.2, 0) is 10.4 Å². The summed E-state index contributed by atoms with van der Waals surface area (Å²) in [6, 6.07) is 15.4.